The van der Waals surface area contributed by atoms with Crippen LogP contribution >= 0.6 is 0 Å². The second kappa shape index (κ2) is 5.47. The minimum atomic E-state index is 0.111. The van der Waals surface area contributed by atoms with E-state index >= 15 is 0 Å². The van der Waals surface area contributed by atoms with Gasteiger partial charge in [-0.15, -0.1) is 0 Å². The van der Waals surface area contributed by atoms with Gasteiger partial charge < -0.3 is 0 Å². The van der Waals surface area contributed by atoms with Gasteiger partial charge in [-0.3, -0.25) is 9.59 Å². The lowest BCUT2D eigenvalue weighted by Gasteiger charge is -2.16. The van der Waals surface area contributed by atoms with Crippen LogP contribution in [-0.2, 0) is 4.79 Å². The Morgan fingerprint density at radius 1 is 1.17 bits per heavy atom. The lowest BCUT2D eigenvalue weighted by atomic mass is 9.87. The average Bonchev–Trinajstić information content (AvgIpc) is 2.78. The summed E-state index contributed by atoms with van der Waals surface area (Å²) in [6.45, 7) is 3.66. The number of hydrogen-bond acceptors (Lipinski definition) is 2. The summed E-state index contributed by atoms with van der Waals surface area (Å²) in [5.41, 5.74) is 1.93. The van der Waals surface area contributed by atoms with Crippen LogP contribution in [0, 0.1) is 18.8 Å². The molecule has 0 bridgehead atoms. The molecule has 1 aromatic rings. The molecule has 2 nitrogen and oxygen atoms in total. The van der Waals surface area contributed by atoms with Gasteiger partial charge in [-0.1, -0.05) is 36.2 Å². The first kappa shape index (κ1) is 13.0. The van der Waals surface area contributed by atoms with E-state index in [2.05, 4.69) is 0 Å². The number of hydrogen-bond donors (Lipinski definition) is 0. The van der Waals surface area contributed by atoms with Gasteiger partial charge in [-0.05, 0) is 32.6 Å². The van der Waals surface area contributed by atoms with E-state index in [4.69, 9.17) is 0 Å². The average molecular weight is 244 g/mol. The SMILES string of the molecule is CC(=O)[C@@H]1CCC[C@@H]1CC(=O)c1ccc(C)cc1. The zero-order chi connectivity index (χ0) is 13.1. The summed E-state index contributed by atoms with van der Waals surface area (Å²) in [7, 11) is 0. The Morgan fingerprint density at radius 2 is 1.83 bits per heavy atom. The standard InChI is InChI=1S/C16H20O2/c1-11-6-8-13(9-7-11)16(18)10-14-4-3-5-15(14)12(2)17/h6-9,14-15H,3-5,10H2,1-2H3/t14-,15+/m1/s1. The monoisotopic (exact) mass is 244 g/mol. The van der Waals surface area contributed by atoms with Gasteiger partial charge in [-0.2, -0.15) is 0 Å². The van der Waals surface area contributed by atoms with Crippen molar-refractivity contribution in [2.24, 2.45) is 11.8 Å². The molecule has 0 aliphatic heterocycles. The third-order valence-electron chi connectivity index (χ3n) is 4.00. The predicted molar refractivity (Wildman–Crippen MR) is 71.6 cm³/mol. The second-order valence-corrected chi connectivity index (χ2v) is 5.40. The fraction of sp³-hybridized carbons (Fsp3) is 0.500. The Balaban J connectivity index is 2.03. The molecule has 96 valence electrons. The highest BCUT2D eigenvalue weighted by molar-refractivity contribution is 5.96. The molecule has 0 N–H and O–H groups in total. The lowest BCUT2D eigenvalue weighted by molar-refractivity contribution is -0.121. The molecule has 1 aliphatic rings. The van der Waals surface area contributed by atoms with Gasteiger partial charge in [0, 0.05) is 17.9 Å². The molecule has 0 heterocycles. The molecule has 0 aromatic heterocycles. The number of aryl methyl sites for hydroxylation is 1. The largest absolute Gasteiger partial charge is 0.300 e. The summed E-state index contributed by atoms with van der Waals surface area (Å²) < 4.78 is 0. The lowest BCUT2D eigenvalue weighted by Crippen LogP contribution is -2.19. The molecule has 1 saturated carbocycles. The van der Waals surface area contributed by atoms with E-state index in [9.17, 15) is 9.59 Å². The van der Waals surface area contributed by atoms with Gasteiger partial charge in [0.15, 0.2) is 5.78 Å². The second-order valence-electron chi connectivity index (χ2n) is 5.40. The first-order valence-corrected chi connectivity index (χ1v) is 6.68. The number of Topliss-reactive ketones (excluding diaryl/α,β-unsaturated/α-hetero) is 2. The maximum atomic E-state index is 12.2. The molecule has 0 saturated heterocycles. The van der Waals surface area contributed by atoms with E-state index in [1.807, 2.05) is 31.2 Å². The Morgan fingerprint density at radius 3 is 2.44 bits per heavy atom. The molecule has 1 aromatic carbocycles. The van der Waals surface area contributed by atoms with Crippen LogP contribution < -0.4 is 0 Å². The third-order valence-corrected chi connectivity index (χ3v) is 4.00. The van der Waals surface area contributed by atoms with Crippen LogP contribution in [0.15, 0.2) is 24.3 Å². The van der Waals surface area contributed by atoms with Crippen molar-refractivity contribution in [2.45, 2.75) is 39.5 Å². The number of ketones is 2. The molecule has 0 amide bonds. The molecule has 2 rings (SSSR count). The van der Waals surface area contributed by atoms with Crippen LogP contribution in [0.3, 0.4) is 0 Å². The molecule has 18 heavy (non-hydrogen) atoms. The molecule has 1 aliphatic carbocycles. The highest BCUT2D eigenvalue weighted by atomic mass is 16.1. The van der Waals surface area contributed by atoms with Crippen LogP contribution in [0.2, 0.25) is 0 Å². The van der Waals surface area contributed by atoms with Gasteiger partial charge in [0.1, 0.15) is 5.78 Å². The highest BCUT2D eigenvalue weighted by Gasteiger charge is 2.32. The molecule has 0 radical (unpaired) electrons. The number of benzene rings is 1. The maximum Gasteiger partial charge on any atom is 0.163 e. The van der Waals surface area contributed by atoms with Crippen LogP contribution in [-0.4, -0.2) is 11.6 Å². The molecular weight excluding hydrogens is 224 g/mol. The fourth-order valence-electron chi connectivity index (χ4n) is 2.91. The van der Waals surface area contributed by atoms with Crippen molar-refractivity contribution < 1.29 is 9.59 Å². The zero-order valence-corrected chi connectivity index (χ0v) is 11.1. The van der Waals surface area contributed by atoms with E-state index in [0.717, 1.165) is 30.4 Å². The first-order valence-electron chi connectivity index (χ1n) is 6.68. The van der Waals surface area contributed by atoms with Gasteiger partial charge in [0.05, 0.1) is 0 Å². The number of carbonyl (C=O) groups is 2. The summed E-state index contributed by atoms with van der Waals surface area (Å²) in [6, 6.07) is 7.69. The van der Waals surface area contributed by atoms with Crippen molar-refractivity contribution in [2.75, 3.05) is 0 Å². The molecular formula is C16H20O2. The molecule has 0 spiro atoms. The number of carbonyl (C=O) groups excluding carboxylic acids is 2. The quantitative estimate of drug-likeness (QED) is 0.759. The normalized spacial score (nSPS) is 23.0. The highest BCUT2D eigenvalue weighted by Crippen LogP contribution is 2.35. The van der Waals surface area contributed by atoms with E-state index in [-0.39, 0.29) is 23.4 Å². The zero-order valence-electron chi connectivity index (χ0n) is 11.1. The van der Waals surface area contributed by atoms with Crippen LogP contribution in [0.4, 0.5) is 0 Å². The van der Waals surface area contributed by atoms with Crippen molar-refractivity contribution in [3.8, 4) is 0 Å². The Kier molecular flexibility index (Phi) is 3.95. The van der Waals surface area contributed by atoms with Gasteiger partial charge in [0.25, 0.3) is 0 Å². The van der Waals surface area contributed by atoms with Crippen LogP contribution in [0.1, 0.15) is 48.5 Å². The molecule has 0 unspecified atom stereocenters. The smallest absolute Gasteiger partial charge is 0.163 e. The minimum absolute atomic E-state index is 0.111. The fourth-order valence-corrected chi connectivity index (χ4v) is 2.91. The van der Waals surface area contributed by atoms with Gasteiger partial charge >= 0.3 is 0 Å². The first-order chi connectivity index (χ1) is 8.58. The number of rotatable bonds is 4. The van der Waals surface area contributed by atoms with Crippen LogP contribution in [0.25, 0.3) is 0 Å². The minimum Gasteiger partial charge on any atom is -0.300 e. The van der Waals surface area contributed by atoms with Crippen molar-refractivity contribution in [3.05, 3.63) is 35.4 Å². The summed E-state index contributed by atoms with van der Waals surface area (Å²) in [5.74, 6) is 0.790. The van der Waals surface area contributed by atoms with Crippen molar-refractivity contribution >= 4 is 11.6 Å². The summed E-state index contributed by atoms with van der Waals surface area (Å²) >= 11 is 0. The van der Waals surface area contributed by atoms with E-state index < -0.39 is 0 Å². The van der Waals surface area contributed by atoms with E-state index in [1.165, 1.54) is 0 Å². The van der Waals surface area contributed by atoms with E-state index in [1.54, 1.807) is 6.92 Å². The van der Waals surface area contributed by atoms with E-state index in [0.29, 0.717) is 6.42 Å². The Hall–Kier alpha value is -1.44. The van der Waals surface area contributed by atoms with Gasteiger partial charge in [-0.25, -0.2) is 0 Å². The van der Waals surface area contributed by atoms with Gasteiger partial charge in [0.2, 0.25) is 0 Å². The molecule has 1 fully saturated rings. The molecule has 2 atom stereocenters. The molecule has 2 heteroatoms. The summed E-state index contributed by atoms with van der Waals surface area (Å²) in [5, 5.41) is 0. The Labute approximate surface area is 108 Å². The van der Waals surface area contributed by atoms with Crippen molar-refractivity contribution in [1.29, 1.82) is 0 Å². The predicted octanol–water partition coefficient (Wildman–Crippen LogP) is 3.57. The topological polar surface area (TPSA) is 34.1 Å². The summed E-state index contributed by atoms with van der Waals surface area (Å²) in [6.07, 6.45) is 3.58. The Bertz CT molecular complexity index is 445. The van der Waals surface area contributed by atoms with Crippen molar-refractivity contribution in [3.63, 3.8) is 0 Å². The van der Waals surface area contributed by atoms with Crippen LogP contribution in [0.5, 0.6) is 0 Å². The van der Waals surface area contributed by atoms with Crippen molar-refractivity contribution in [1.82, 2.24) is 0 Å². The third kappa shape index (κ3) is 2.87. The maximum absolute atomic E-state index is 12.2. The summed E-state index contributed by atoms with van der Waals surface area (Å²) in [4.78, 5) is 23.7.